The first-order chi connectivity index (χ1) is 19.2. The van der Waals surface area contributed by atoms with E-state index in [1.165, 1.54) is 61.9 Å². The summed E-state index contributed by atoms with van der Waals surface area (Å²) in [7, 11) is 0. The van der Waals surface area contributed by atoms with Gasteiger partial charge in [-0.3, -0.25) is 9.89 Å². The second-order valence-corrected chi connectivity index (χ2v) is 10.5. The van der Waals surface area contributed by atoms with E-state index in [9.17, 15) is 4.79 Å². The number of likely N-dealkylation sites (tertiary alicyclic amines) is 1. The zero-order valence-corrected chi connectivity index (χ0v) is 22.9. The lowest BCUT2D eigenvalue weighted by atomic mass is 9.96. The van der Waals surface area contributed by atoms with Crippen molar-refractivity contribution in [2.24, 2.45) is 0 Å². The molecule has 1 aliphatic carbocycles. The maximum atomic E-state index is 12.3. The predicted molar refractivity (Wildman–Crippen MR) is 155 cm³/mol. The molecule has 1 saturated heterocycles. The molecule has 0 bridgehead atoms. The maximum absolute atomic E-state index is 12.3. The summed E-state index contributed by atoms with van der Waals surface area (Å²) in [5, 5.41) is 11.4. The lowest BCUT2D eigenvalue weighted by Gasteiger charge is -2.25. The van der Waals surface area contributed by atoms with Crippen LogP contribution in [-0.4, -0.2) is 58.3 Å². The van der Waals surface area contributed by atoms with Gasteiger partial charge in [0.05, 0.1) is 17.8 Å². The molecule has 1 atom stereocenters. The summed E-state index contributed by atoms with van der Waals surface area (Å²) < 4.78 is 5.83. The minimum Gasteiger partial charge on any atom is -0.491 e. The van der Waals surface area contributed by atoms with Gasteiger partial charge in [-0.05, 0) is 86.5 Å². The minimum absolute atomic E-state index is 0.104. The molecule has 2 N–H and O–H groups in total. The van der Waals surface area contributed by atoms with Crippen LogP contribution in [-0.2, 0) is 12.8 Å². The van der Waals surface area contributed by atoms with Crippen molar-refractivity contribution in [1.82, 2.24) is 25.4 Å². The molecule has 7 heteroatoms. The fourth-order valence-electron chi connectivity index (χ4n) is 6.23. The van der Waals surface area contributed by atoms with Crippen LogP contribution >= 0.6 is 0 Å². The number of carbonyl (C=O) groups is 1. The summed E-state index contributed by atoms with van der Waals surface area (Å²) in [6.45, 7) is 7.50. The number of aromatic amines is 1. The third kappa shape index (κ3) is 5.03. The Balaban J connectivity index is 0.00000135. The number of carbonyl (C=O) groups excluding carboxylic acids is 1. The van der Waals surface area contributed by atoms with Gasteiger partial charge < -0.3 is 15.0 Å². The molecule has 202 valence electrons. The van der Waals surface area contributed by atoms with Crippen LogP contribution < -0.4 is 10.1 Å². The minimum atomic E-state index is -0.104. The van der Waals surface area contributed by atoms with E-state index < -0.39 is 0 Å². The van der Waals surface area contributed by atoms with Gasteiger partial charge in [-0.1, -0.05) is 38.1 Å². The molecule has 1 amide bonds. The van der Waals surface area contributed by atoms with Gasteiger partial charge in [0.2, 0.25) is 0 Å². The Kier molecular flexibility index (Phi) is 7.33. The van der Waals surface area contributed by atoms with E-state index in [4.69, 9.17) is 4.74 Å². The summed E-state index contributed by atoms with van der Waals surface area (Å²) in [5.74, 6) is 0.491. The number of benzene rings is 2. The van der Waals surface area contributed by atoms with Crippen LogP contribution in [0.3, 0.4) is 0 Å². The van der Waals surface area contributed by atoms with Crippen molar-refractivity contribution < 1.29 is 9.53 Å². The molecule has 4 aromatic rings. The summed E-state index contributed by atoms with van der Waals surface area (Å²) in [5.41, 5.74) is 8.29. The van der Waals surface area contributed by atoms with Crippen molar-refractivity contribution in [2.75, 3.05) is 26.2 Å². The molecule has 0 spiro atoms. The Morgan fingerprint density at radius 2 is 1.72 bits per heavy atom. The van der Waals surface area contributed by atoms with Crippen molar-refractivity contribution in [1.29, 1.82) is 0 Å². The second-order valence-electron chi connectivity index (χ2n) is 10.5. The van der Waals surface area contributed by atoms with Crippen molar-refractivity contribution in [2.45, 2.75) is 58.4 Å². The number of nitrogens with one attached hydrogen (secondary N) is 2. The van der Waals surface area contributed by atoms with E-state index in [0.717, 1.165) is 34.7 Å². The normalized spacial score (nSPS) is 19.1. The maximum Gasteiger partial charge on any atom is 0.255 e. The van der Waals surface area contributed by atoms with Crippen LogP contribution in [0.5, 0.6) is 5.75 Å². The Bertz CT molecular complexity index is 1490. The SMILES string of the molecule is CC.O=C1NCCOc2cc(-c3[nH]nc4ncc(-c5ccc6c(c5)CCC(N5CCCC5)CC6)cc34)ccc21. The molecule has 3 aliphatic rings. The first-order valence-electron chi connectivity index (χ1n) is 14.5. The molecule has 2 aromatic heterocycles. The van der Waals surface area contributed by atoms with Gasteiger partial charge in [0, 0.05) is 28.8 Å². The van der Waals surface area contributed by atoms with Gasteiger partial charge in [-0.25, -0.2) is 4.98 Å². The van der Waals surface area contributed by atoms with Gasteiger partial charge in [-0.2, -0.15) is 5.10 Å². The Labute approximate surface area is 230 Å². The van der Waals surface area contributed by atoms with Crippen molar-refractivity contribution >= 4 is 16.9 Å². The monoisotopic (exact) mass is 523 g/mol. The summed E-state index contributed by atoms with van der Waals surface area (Å²) in [6.07, 6.45) is 9.45. The lowest BCUT2D eigenvalue weighted by Crippen LogP contribution is -2.32. The highest BCUT2D eigenvalue weighted by molar-refractivity contribution is 5.99. The number of fused-ring (bicyclic) bond motifs is 3. The Hall–Kier alpha value is -3.71. The largest absolute Gasteiger partial charge is 0.491 e. The molecule has 1 unspecified atom stereocenters. The third-order valence-corrected chi connectivity index (χ3v) is 8.26. The zero-order chi connectivity index (χ0) is 26.8. The van der Waals surface area contributed by atoms with Crippen molar-refractivity contribution in [3.63, 3.8) is 0 Å². The molecular formula is C32H37N5O2. The van der Waals surface area contributed by atoms with Crippen LogP contribution in [0.1, 0.15) is 61.0 Å². The number of H-pyrrole nitrogens is 1. The van der Waals surface area contributed by atoms with Crippen LogP contribution in [0, 0.1) is 0 Å². The number of pyridine rings is 1. The van der Waals surface area contributed by atoms with Crippen LogP contribution in [0.15, 0.2) is 48.7 Å². The molecule has 7 rings (SSSR count). The quantitative estimate of drug-likeness (QED) is 0.333. The number of hydrogen-bond donors (Lipinski definition) is 2. The highest BCUT2D eigenvalue weighted by Crippen LogP contribution is 2.34. The first-order valence-corrected chi connectivity index (χ1v) is 14.5. The zero-order valence-electron chi connectivity index (χ0n) is 22.9. The van der Waals surface area contributed by atoms with Crippen LogP contribution in [0.4, 0.5) is 0 Å². The second kappa shape index (κ2) is 11.2. The molecule has 39 heavy (non-hydrogen) atoms. The molecular weight excluding hydrogens is 486 g/mol. The highest BCUT2D eigenvalue weighted by atomic mass is 16.5. The average Bonchev–Trinajstić information content (AvgIpc) is 3.57. The molecule has 0 radical (unpaired) electrons. The number of ether oxygens (including phenoxy) is 1. The number of hydrogen-bond acceptors (Lipinski definition) is 5. The van der Waals surface area contributed by atoms with Crippen molar-refractivity contribution in [3.05, 3.63) is 65.4 Å². The standard InChI is InChI=1S/C30H31N5O2.C2H6/c36-30-25-10-7-22(17-27(25)37-14-11-31-30)28-26-16-23(18-32-29(26)34-33-28)21-4-3-19-5-8-24(9-6-20(19)15-21)35-12-1-2-13-35;1-2/h3-4,7,10,15-18,24H,1-2,5-6,8-9,11-14H2,(H,31,36)(H,32,33,34);1-2H3. The molecule has 7 nitrogen and oxygen atoms in total. The van der Waals surface area contributed by atoms with Crippen LogP contribution in [0.25, 0.3) is 33.4 Å². The highest BCUT2D eigenvalue weighted by Gasteiger charge is 2.25. The fourth-order valence-corrected chi connectivity index (χ4v) is 6.23. The van der Waals surface area contributed by atoms with E-state index in [1.54, 1.807) is 0 Å². The molecule has 0 saturated carbocycles. The van der Waals surface area contributed by atoms with E-state index >= 15 is 0 Å². The Morgan fingerprint density at radius 1 is 0.923 bits per heavy atom. The average molecular weight is 524 g/mol. The fraction of sp³-hybridized carbons (Fsp3) is 0.406. The summed E-state index contributed by atoms with van der Waals surface area (Å²) in [6, 6.07) is 15.5. The van der Waals surface area contributed by atoms with E-state index in [0.29, 0.717) is 30.1 Å². The number of aryl methyl sites for hydroxylation is 2. The van der Waals surface area contributed by atoms with Gasteiger partial charge in [-0.15, -0.1) is 0 Å². The van der Waals surface area contributed by atoms with Gasteiger partial charge in [0.25, 0.3) is 5.91 Å². The topological polar surface area (TPSA) is 83.1 Å². The van der Waals surface area contributed by atoms with E-state index in [2.05, 4.69) is 49.7 Å². The van der Waals surface area contributed by atoms with Gasteiger partial charge >= 0.3 is 0 Å². The number of amides is 1. The number of aromatic nitrogens is 3. The molecule has 1 fully saturated rings. The lowest BCUT2D eigenvalue weighted by molar-refractivity contribution is 0.0957. The van der Waals surface area contributed by atoms with Crippen molar-refractivity contribution in [3.8, 4) is 28.1 Å². The molecule has 2 aromatic carbocycles. The van der Waals surface area contributed by atoms with Gasteiger partial charge in [0.15, 0.2) is 5.65 Å². The smallest absolute Gasteiger partial charge is 0.255 e. The molecule has 4 heterocycles. The molecule has 2 aliphatic heterocycles. The number of nitrogens with zero attached hydrogens (tertiary/aromatic N) is 3. The van der Waals surface area contributed by atoms with E-state index in [1.807, 2.05) is 38.2 Å². The Morgan fingerprint density at radius 3 is 2.56 bits per heavy atom. The predicted octanol–water partition coefficient (Wildman–Crippen LogP) is 5.78. The van der Waals surface area contributed by atoms with Crippen LogP contribution in [0.2, 0.25) is 0 Å². The first kappa shape index (κ1) is 25.6. The summed E-state index contributed by atoms with van der Waals surface area (Å²) >= 11 is 0. The number of rotatable bonds is 3. The third-order valence-electron chi connectivity index (χ3n) is 8.26. The summed E-state index contributed by atoms with van der Waals surface area (Å²) in [4.78, 5) is 19.7. The van der Waals surface area contributed by atoms with E-state index in [-0.39, 0.29) is 5.91 Å². The van der Waals surface area contributed by atoms with Gasteiger partial charge in [0.1, 0.15) is 12.4 Å².